The molecule has 0 radical (unpaired) electrons. The average Bonchev–Trinajstić information content (AvgIpc) is 3.00. The molecule has 2 heteroatoms. The smallest absolute Gasteiger partial charge is 0.122 e. The lowest BCUT2D eigenvalue weighted by atomic mass is 9.72. The van der Waals surface area contributed by atoms with E-state index in [4.69, 9.17) is 16.3 Å². The molecule has 1 heterocycles. The van der Waals surface area contributed by atoms with E-state index in [-0.39, 0.29) is 11.0 Å². The lowest BCUT2D eigenvalue weighted by molar-refractivity contribution is 0.139. The first kappa shape index (κ1) is 11.7. The molecule has 0 aliphatic carbocycles. The highest BCUT2D eigenvalue weighted by molar-refractivity contribution is 6.30. The van der Waals surface area contributed by atoms with Crippen LogP contribution in [0.5, 0.6) is 0 Å². The highest BCUT2D eigenvalue weighted by atomic mass is 35.5. The first-order chi connectivity index (χ1) is 7.52. The van der Waals surface area contributed by atoms with Crippen LogP contribution in [0, 0.1) is 5.41 Å². The summed E-state index contributed by atoms with van der Waals surface area (Å²) in [6.45, 7) is 9.04. The van der Waals surface area contributed by atoms with Gasteiger partial charge in [0.25, 0.3) is 0 Å². The number of epoxide rings is 1. The van der Waals surface area contributed by atoms with Crippen LogP contribution >= 0.6 is 11.6 Å². The zero-order valence-electron chi connectivity index (χ0n) is 9.79. The van der Waals surface area contributed by atoms with Gasteiger partial charge in [-0.3, -0.25) is 0 Å². The molecule has 1 saturated heterocycles. The van der Waals surface area contributed by atoms with E-state index in [1.165, 1.54) is 5.56 Å². The monoisotopic (exact) mass is 236 g/mol. The quantitative estimate of drug-likeness (QED) is 0.565. The summed E-state index contributed by atoms with van der Waals surface area (Å²) in [5.74, 6) is 0. The normalized spacial score (nSPS) is 24.2. The Morgan fingerprint density at radius 2 is 2.00 bits per heavy atom. The van der Waals surface area contributed by atoms with Crippen molar-refractivity contribution in [2.45, 2.75) is 25.9 Å². The van der Waals surface area contributed by atoms with E-state index < -0.39 is 0 Å². The second-order valence-corrected chi connectivity index (χ2v) is 5.44. The van der Waals surface area contributed by atoms with Crippen molar-refractivity contribution in [3.05, 3.63) is 47.5 Å². The van der Waals surface area contributed by atoms with Crippen LogP contribution in [0.1, 0.15) is 25.8 Å². The van der Waals surface area contributed by atoms with Gasteiger partial charge in [0.2, 0.25) is 0 Å². The molecule has 1 aromatic rings. The zero-order chi connectivity index (χ0) is 11.8. The fourth-order valence-corrected chi connectivity index (χ4v) is 2.39. The standard InChI is InChI=1S/C14H17ClO/c1-4-9-13(2,3)14(10-16-14)11-5-7-12(15)8-6-11/h4-8H,1,9-10H2,2-3H3. The van der Waals surface area contributed by atoms with E-state index in [9.17, 15) is 0 Å². The largest absolute Gasteiger partial charge is 0.364 e. The highest BCUT2D eigenvalue weighted by Gasteiger charge is 2.57. The first-order valence-electron chi connectivity index (χ1n) is 5.53. The summed E-state index contributed by atoms with van der Waals surface area (Å²) in [4.78, 5) is 0. The highest BCUT2D eigenvalue weighted by Crippen LogP contribution is 2.54. The molecule has 0 spiro atoms. The minimum Gasteiger partial charge on any atom is -0.364 e. The van der Waals surface area contributed by atoms with Gasteiger partial charge in [0, 0.05) is 10.4 Å². The van der Waals surface area contributed by atoms with E-state index in [0.29, 0.717) is 0 Å². The first-order valence-corrected chi connectivity index (χ1v) is 5.90. The fourth-order valence-electron chi connectivity index (χ4n) is 2.27. The number of hydrogen-bond donors (Lipinski definition) is 0. The SMILES string of the molecule is C=CCC(C)(C)C1(c2ccc(Cl)cc2)CO1. The van der Waals surface area contributed by atoms with Crippen molar-refractivity contribution in [2.24, 2.45) is 5.41 Å². The van der Waals surface area contributed by atoms with Crippen molar-refractivity contribution in [3.8, 4) is 0 Å². The molecule has 16 heavy (non-hydrogen) atoms. The maximum atomic E-state index is 5.90. The molecular weight excluding hydrogens is 220 g/mol. The molecule has 0 bridgehead atoms. The third-order valence-electron chi connectivity index (χ3n) is 3.49. The molecule has 0 N–H and O–H groups in total. The van der Waals surface area contributed by atoms with Crippen LogP contribution in [-0.2, 0) is 10.3 Å². The Morgan fingerprint density at radius 1 is 1.44 bits per heavy atom. The fraction of sp³-hybridized carbons (Fsp3) is 0.429. The summed E-state index contributed by atoms with van der Waals surface area (Å²) < 4.78 is 5.75. The number of allylic oxidation sites excluding steroid dienone is 1. The number of rotatable bonds is 4. The summed E-state index contributed by atoms with van der Waals surface area (Å²) in [5.41, 5.74) is 1.14. The second-order valence-electron chi connectivity index (χ2n) is 5.00. The molecule has 1 aliphatic heterocycles. The van der Waals surface area contributed by atoms with Crippen LogP contribution in [0.3, 0.4) is 0 Å². The third-order valence-corrected chi connectivity index (χ3v) is 3.74. The van der Waals surface area contributed by atoms with Gasteiger partial charge in [0.05, 0.1) is 6.61 Å². The van der Waals surface area contributed by atoms with Gasteiger partial charge in [-0.1, -0.05) is 43.7 Å². The summed E-state index contributed by atoms with van der Waals surface area (Å²) in [6, 6.07) is 7.95. The Labute approximate surface area is 102 Å². The zero-order valence-corrected chi connectivity index (χ0v) is 10.6. The summed E-state index contributed by atoms with van der Waals surface area (Å²) >= 11 is 5.90. The third kappa shape index (κ3) is 1.79. The van der Waals surface area contributed by atoms with Crippen LogP contribution in [0.25, 0.3) is 0 Å². The van der Waals surface area contributed by atoms with Crippen LogP contribution in [0.15, 0.2) is 36.9 Å². The second kappa shape index (κ2) is 3.90. The van der Waals surface area contributed by atoms with E-state index in [1.807, 2.05) is 18.2 Å². The maximum Gasteiger partial charge on any atom is 0.122 e. The molecule has 0 saturated carbocycles. The lowest BCUT2D eigenvalue weighted by Crippen LogP contribution is -2.30. The van der Waals surface area contributed by atoms with Gasteiger partial charge in [-0.25, -0.2) is 0 Å². The maximum absolute atomic E-state index is 5.90. The molecule has 1 fully saturated rings. The summed E-state index contributed by atoms with van der Waals surface area (Å²) in [5, 5.41) is 0.765. The van der Waals surface area contributed by atoms with Crippen molar-refractivity contribution in [1.29, 1.82) is 0 Å². The molecule has 0 amide bonds. The molecule has 1 aliphatic rings. The Hall–Kier alpha value is -0.790. The van der Waals surface area contributed by atoms with E-state index in [2.05, 4.69) is 32.6 Å². The predicted octanol–water partition coefficient (Wildman–Crippen LogP) is 4.17. The van der Waals surface area contributed by atoms with Gasteiger partial charge >= 0.3 is 0 Å². The minimum atomic E-state index is -0.147. The van der Waals surface area contributed by atoms with Gasteiger partial charge < -0.3 is 4.74 Å². The predicted molar refractivity (Wildman–Crippen MR) is 67.7 cm³/mol. The van der Waals surface area contributed by atoms with Gasteiger partial charge in [0.1, 0.15) is 5.60 Å². The van der Waals surface area contributed by atoms with Crippen LogP contribution in [-0.4, -0.2) is 6.61 Å². The van der Waals surface area contributed by atoms with Crippen molar-refractivity contribution in [3.63, 3.8) is 0 Å². The molecule has 0 aromatic heterocycles. The van der Waals surface area contributed by atoms with Gasteiger partial charge in [-0.15, -0.1) is 6.58 Å². The molecule has 1 atom stereocenters. The van der Waals surface area contributed by atoms with E-state index in [0.717, 1.165) is 18.1 Å². The number of ether oxygens (including phenoxy) is 1. The average molecular weight is 237 g/mol. The topological polar surface area (TPSA) is 12.5 Å². The molecule has 1 unspecified atom stereocenters. The van der Waals surface area contributed by atoms with Crippen molar-refractivity contribution in [1.82, 2.24) is 0 Å². The molecule has 1 aromatic carbocycles. The number of halogens is 1. The van der Waals surface area contributed by atoms with Gasteiger partial charge in [-0.05, 0) is 24.1 Å². The van der Waals surface area contributed by atoms with E-state index in [1.54, 1.807) is 0 Å². The van der Waals surface area contributed by atoms with Crippen LogP contribution in [0.4, 0.5) is 0 Å². The Kier molecular flexibility index (Phi) is 2.85. The van der Waals surface area contributed by atoms with Crippen LogP contribution < -0.4 is 0 Å². The molecule has 86 valence electrons. The number of benzene rings is 1. The molecule has 2 rings (SSSR count). The Bertz CT molecular complexity index is 388. The summed E-state index contributed by atoms with van der Waals surface area (Å²) in [6.07, 6.45) is 2.90. The van der Waals surface area contributed by atoms with Crippen molar-refractivity contribution < 1.29 is 4.74 Å². The van der Waals surface area contributed by atoms with Gasteiger partial charge in [-0.2, -0.15) is 0 Å². The lowest BCUT2D eigenvalue weighted by Gasteiger charge is -2.31. The van der Waals surface area contributed by atoms with Crippen LogP contribution in [0.2, 0.25) is 5.02 Å². The van der Waals surface area contributed by atoms with Crippen molar-refractivity contribution >= 4 is 11.6 Å². The molecule has 1 nitrogen and oxygen atoms in total. The Balaban J connectivity index is 2.32. The van der Waals surface area contributed by atoms with E-state index >= 15 is 0 Å². The van der Waals surface area contributed by atoms with Gasteiger partial charge in [0.15, 0.2) is 0 Å². The Morgan fingerprint density at radius 3 is 2.44 bits per heavy atom. The minimum absolute atomic E-state index is 0.0720. The summed E-state index contributed by atoms with van der Waals surface area (Å²) in [7, 11) is 0. The number of hydrogen-bond acceptors (Lipinski definition) is 1. The van der Waals surface area contributed by atoms with Crippen molar-refractivity contribution in [2.75, 3.05) is 6.61 Å². The molecular formula is C14H17ClO.